The van der Waals surface area contributed by atoms with Crippen molar-refractivity contribution in [3.05, 3.63) is 76.1 Å². The topological polar surface area (TPSA) is 84.8 Å². The number of carbonyl (C=O) groups excluding carboxylic acids is 1. The molecular weight excluding hydrogens is 524 g/mol. The third-order valence-corrected chi connectivity index (χ3v) is 4.93. The van der Waals surface area contributed by atoms with Crippen molar-refractivity contribution < 1.29 is 31.8 Å². The molecule has 0 spiro atoms. The summed E-state index contributed by atoms with van der Waals surface area (Å²) in [7, 11) is 1.42. The van der Waals surface area contributed by atoms with Crippen molar-refractivity contribution >= 4 is 39.6 Å². The zero-order valence-corrected chi connectivity index (χ0v) is 19.1. The lowest BCUT2D eigenvalue weighted by atomic mass is 10.2. The molecule has 0 bridgehead atoms. The number of carbonyl (C=O) groups is 1. The van der Waals surface area contributed by atoms with Crippen molar-refractivity contribution in [2.24, 2.45) is 5.10 Å². The summed E-state index contributed by atoms with van der Waals surface area (Å²) in [5, 5.41) is 6.54. The van der Waals surface area contributed by atoms with Gasteiger partial charge < -0.3 is 14.8 Å². The normalized spacial score (nSPS) is 11.4. The van der Waals surface area contributed by atoms with Crippen LogP contribution in [0.5, 0.6) is 11.5 Å². The molecule has 0 unspecified atom stereocenters. The molecule has 0 saturated heterocycles. The van der Waals surface area contributed by atoms with Crippen LogP contribution in [0.2, 0.25) is 0 Å². The number of rotatable bonds is 8. The molecule has 3 rings (SSSR count). The highest BCUT2D eigenvalue weighted by Gasteiger charge is 2.30. The first-order valence-corrected chi connectivity index (χ1v) is 10.3. The van der Waals surface area contributed by atoms with E-state index in [2.05, 4.69) is 36.8 Å². The predicted octanol–water partition coefficient (Wildman–Crippen LogP) is 5.47. The van der Waals surface area contributed by atoms with E-state index in [9.17, 15) is 22.4 Å². The smallest absolute Gasteiger partial charge is 0.417 e. The molecule has 2 N–H and O–H groups in total. The summed E-state index contributed by atoms with van der Waals surface area (Å²) in [5.41, 5.74) is 2.65. The van der Waals surface area contributed by atoms with Gasteiger partial charge in [0.25, 0.3) is 5.91 Å². The fraction of sp³-hybridized carbons (Fsp3) is 0.136. The lowest BCUT2D eigenvalue weighted by molar-refractivity contribution is -0.137. The van der Waals surface area contributed by atoms with Crippen LogP contribution in [0.15, 0.2) is 64.3 Å². The third-order valence-electron chi connectivity index (χ3n) is 4.24. The summed E-state index contributed by atoms with van der Waals surface area (Å²) in [4.78, 5) is 15.8. The van der Waals surface area contributed by atoms with Crippen molar-refractivity contribution in [1.29, 1.82) is 0 Å². The van der Waals surface area contributed by atoms with Gasteiger partial charge in [0, 0.05) is 21.9 Å². The van der Waals surface area contributed by atoms with Gasteiger partial charge in [0.05, 0.1) is 18.9 Å². The van der Waals surface area contributed by atoms with E-state index in [1.807, 2.05) is 0 Å². The van der Waals surface area contributed by atoms with Gasteiger partial charge in [-0.1, -0.05) is 0 Å². The highest BCUT2D eigenvalue weighted by atomic mass is 79.9. The Balaban J connectivity index is 1.62. The van der Waals surface area contributed by atoms with E-state index in [0.717, 1.165) is 12.1 Å². The lowest BCUT2D eigenvalue weighted by Gasteiger charge is -2.13. The van der Waals surface area contributed by atoms with Gasteiger partial charge in [-0.3, -0.25) is 10.2 Å². The Morgan fingerprint density at radius 2 is 1.88 bits per heavy atom. The average Bonchev–Trinajstić information content (AvgIpc) is 2.80. The Hall–Kier alpha value is -3.67. The second-order valence-electron chi connectivity index (χ2n) is 6.67. The van der Waals surface area contributed by atoms with Crippen LogP contribution in [0.4, 0.5) is 29.1 Å². The molecule has 0 aliphatic rings. The maximum atomic E-state index is 13.0. The van der Waals surface area contributed by atoms with E-state index < -0.39 is 23.5 Å². The molecule has 1 amide bonds. The van der Waals surface area contributed by atoms with Gasteiger partial charge in [-0.2, -0.15) is 18.3 Å². The minimum absolute atomic E-state index is 0.124. The van der Waals surface area contributed by atoms with Crippen molar-refractivity contribution in [2.45, 2.75) is 6.18 Å². The van der Waals surface area contributed by atoms with Gasteiger partial charge in [-0.25, -0.2) is 9.37 Å². The van der Waals surface area contributed by atoms with Crippen LogP contribution in [0.3, 0.4) is 0 Å². The maximum absolute atomic E-state index is 13.0. The molecule has 178 valence electrons. The molecule has 0 atom stereocenters. The highest BCUT2D eigenvalue weighted by molar-refractivity contribution is 9.10. The molecule has 7 nitrogen and oxygen atoms in total. The molecule has 0 fully saturated rings. The van der Waals surface area contributed by atoms with E-state index in [0.29, 0.717) is 27.7 Å². The van der Waals surface area contributed by atoms with E-state index in [1.54, 1.807) is 12.1 Å². The summed E-state index contributed by atoms with van der Waals surface area (Å²) in [5.74, 6) is -0.161. The van der Waals surface area contributed by atoms with Crippen molar-refractivity contribution in [2.75, 3.05) is 24.5 Å². The van der Waals surface area contributed by atoms with Gasteiger partial charge in [-0.15, -0.1) is 0 Å². The third kappa shape index (κ3) is 6.91. The molecule has 1 heterocycles. The Morgan fingerprint density at radius 1 is 1.15 bits per heavy atom. The fourth-order valence-corrected chi connectivity index (χ4v) is 3.02. The standard InChI is InChI=1S/C22H17BrF4N4O3/c1-33-18-8-13(10-29-31-20-7-2-14(11-28-20)22(25,26)27)17(23)9-19(18)34-12-21(32)30-16-5-3-15(24)4-6-16/h2-11H,12H2,1H3,(H,28,31)(H,30,32)/b29-10-. The van der Waals surface area contributed by atoms with Crippen LogP contribution in [0, 0.1) is 5.82 Å². The number of methoxy groups -OCH3 is 1. The monoisotopic (exact) mass is 540 g/mol. The Morgan fingerprint density at radius 3 is 2.50 bits per heavy atom. The first kappa shape index (κ1) is 25.0. The fourth-order valence-electron chi connectivity index (χ4n) is 2.59. The maximum Gasteiger partial charge on any atom is 0.417 e. The molecule has 3 aromatic rings. The highest BCUT2D eigenvalue weighted by Crippen LogP contribution is 2.33. The number of halogens is 5. The SMILES string of the molecule is COc1cc(/C=N\Nc2ccc(C(F)(F)F)cn2)c(Br)cc1OCC(=O)Nc1ccc(F)cc1. The molecule has 1 aromatic heterocycles. The van der Waals surface area contributed by atoms with Gasteiger partial charge >= 0.3 is 6.18 Å². The minimum atomic E-state index is -4.47. The summed E-state index contributed by atoms with van der Waals surface area (Å²) >= 11 is 3.36. The van der Waals surface area contributed by atoms with Crippen molar-refractivity contribution in [3.8, 4) is 11.5 Å². The van der Waals surface area contributed by atoms with Crippen LogP contribution in [-0.2, 0) is 11.0 Å². The second kappa shape index (κ2) is 11.0. The zero-order valence-electron chi connectivity index (χ0n) is 17.5. The van der Waals surface area contributed by atoms with Gasteiger partial charge in [-0.05, 0) is 64.5 Å². The van der Waals surface area contributed by atoms with Crippen molar-refractivity contribution in [3.63, 3.8) is 0 Å². The first-order chi connectivity index (χ1) is 16.2. The summed E-state index contributed by atoms with van der Waals surface area (Å²) < 4.78 is 62.1. The summed E-state index contributed by atoms with van der Waals surface area (Å²) in [6.07, 6.45) is -2.37. The summed E-state index contributed by atoms with van der Waals surface area (Å²) in [6.45, 7) is -0.325. The number of hydrogen-bond donors (Lipinski definition) is 2. The van der Waals surface area contributed by atoms with E-state index in [4.69, 9.17) is 9.47 Å². The van der Waals surface area contributed by atoms with Gasteiger partial charge in [0.2, 0.25) is 0 Å². The number of ether oxygens (including phenoxy) is 2. The largest absolute Gasteiger partial charge is 0.493 e. The number of anilines is 2. The number of alkyl halides is 3. The number of hydrazone groups is 1. The second-order valence-corrected chi connectivity index (χ2v) is 7.52. The molecule has 0 saturated carbocycles. The molecular formula is C22H17BrF4N4O3. The van der Waals surface area contributed by atoms with Crippen LogP contribution < -0.4 is 20.2 Å². The van der Waals surface area contributed by atoms with E-state index in [-0.39, 0.29) is 18.2 Å². The Labute approximate surface area is 199 Å². The number of pyridine rings is 1. The molecule has 0 aliphatic heterocycles. The van der Waals surface area contributed by atoms with Gasteiger partial charge in [0.1, 0.15) is 11.6 Å². The van der Waals surface area contributed by atoms with Crippen LogP contribution in [-0.4, -0.2) is 30.8 Å². The number of amides is 1. The Bertz CT molecular complexity index is 1170. The molecule has 12 heteroatoms. The first-order valence-electron chi connectivity index (χ1n) is 9.54. The predicted molar refractivity (Wildman–Crippen MR) is 122 cm³/mol. The van der Waals surface area contributed by atoms with Crippen LogP contribution in [0.1, 0.15) is 11.1 Å². The number of hydrogen-bond acceptors (Lipinski definition) is 6. The lowest BCUT2D eigenvalue weighted by Crippen LogP contribution is -2.20. The van der Waals surface area contributed by atoms with Crippen LogP contribution in [0.25, 0.3) is 0 Å². The molecule has 0 radical (unpaired) electrons. The molecule has 0 aliphatic carbocycles. The number of benzene rings is 2. The zero-order chi connectivity index (χ0) is 24.7. The van der Waals surface area contributed by atoms with E-state index >= 15 is 0 Å². The van der Waals surface area contributed by atoms with E-state index in [1.165, 1.54) is 37.6 Å². The van der Waals surface area contributed by atoms with Crippen molar-refractivity contribution in [1.82, 2.24) is 4.98 Å². The summed E-state index contributed by atoms with van der Waals surface area (Å²) in [6, 6.07) is 10.5. The Kier molecular flexibility index (Phi) is 8.05. The van der Waals surface area contributed by atoms with Gasteiger partial charge in [0.15, 0.2) is 18.1 Å². The van der Waals surface area contributed by atoms with Crippen LogP contribution >= 0.6 is 15.9 Å². The molecule has 2 aromatic carbocycles. The average molecular weight is 541 g/mol. The number of nitrogens with one attached hydrogen (secondary N) is 2. The number of nitrogens with zero attached hydrogens (tertiary/aromatic N) is 2. The quantitative estimate of drug-likeness (QED) is 0.225. The molecule has 34 heavy (non-hydrogen) atoms. The number of aromatic nitrogens is 1. The minimum Gasteiger partial charge on any atom is -0.493 e.